The average molecular weight is 347 g/mol. The minimum absolute atomic E-state index is 0.578. The minimum atomic E-state index is 0.578. The second kappa shape index (κ2) is 14.4. The molecule has 0 aliphatic heterocycles. The van der Waals surface area contributed by atoms with Crippen LogP contribution in [0.15, 0.2) is 36.0 Å². The van der Waals surface area contributed by atoms with E-state index in [0.29, 0.717) is 11.8 Å². The Kier molecular flexibility index (Phi) is 13.9. The van der Waals surface area contributed by atoms with E-state index in [2.05, 4.69) is 73.3 Å². The van der Waals surface area contributed by atoms with E-state index in [0.717, 1.165) is 24.7 Å². The van der Waals surface area contributed by atoms with Crippen LogP contribution in [0, 0.1) is 23.7 Å². The van der Waals surface area contributed by atoms with Crippen LogP contribution < -0.4 is 0 Å². The SMILES string of the molecule is C=CC(C)C/C=C(/C/C=C(\C)CCCC(C)C)C(C)CCCC(C)C. The van der Waals surface area contributed by atoms with Crippen LogP contribution in [0.1, 0.15) is 99.8 Å². The Bertz CT molecular complexity index is 394. The second-order valence-electron chi connectivity index (χ2n) is 8.99. The third-order valence-corrected chi connectivity index (χ3v) is 5.24. The summed E-state index contributed by atoms with van der Waals surface area (Å²) in [6.45, 7) is 20.2. The van der Waals surface area contributed by atoms with Gasteiger partial charge in [-0.05, 0) is 62.7 Å². The molecule has 0 aromatic carbocycles. The topological polar surface area (TPSA) is 0 Å². The van der Waals surface area contributed by atoms with E-state index >= 15 is 0 Å². The molecule has 0 aliphatic rings. The lowest BCUT2D eigenvalue weighted by Gasteiger charge is -2.17. The van der Waals surface area contributed by atoms with Gasteiger partial charge in [-0.15, -0.1) is 6.58 Å². The van der Waals surface area contributed by atoms with Crippen molar-refractivity contribution in [3.63, 3.8) is 0 Å². The smallest absolute Gasteiger partial charge is 0.0134 e. The highest BCUT2D eigenvalue weighted by molar-refractivity contribution is 5.14. The molecule has 0 aromatic rings. The van der Waals surface area contributed by atoms with Gasteiger partial charge in [0.2, 0.25) is 0 Å². The molecule has 0 nitrogen and oxygen atoms in total. The van der Waals surface area contributed by atoms with Crippen molar-refractivity contribution >= 4 is 0 Å². The number of allylic oxidation sites excluding steroid dienone is 5. The summed E-state index contributed by atoms with van der Waals surface area (Å²) < 4.78 is 0. The first-order valence-electron chi connectivity index (χ1n) is 10.7. The molecule has 0 fully saturated rings. The highest BCUT2D eigenvalue weighted by Gasteiger charge is 2.09. The summed E-state index contributed by atoms with van der Waals surface area (Å²) in [5.74, 6) is 2.93. The first-order chi connectivity index (χ1) is 11.8. The molecular weight excluding hydrogens is 300 g/mol. The molecule has 146 valence electrons. The molecule has 0 bridgehead atoms. The summed E-state index contributed by atoms with van der Waals surface area (Å²) in [7, 11) is 0. The van der Waals surface area contributed by atoms with Crippen molar-refractivity contribution < 1.29 is 0 Å². The zero-order chi connectivity index (χ0) is 19.2. The Hall–Kier alpha value is -0.780. The third-order valence-electron chi connectivity index (χ3n) is 5.24. The van der Waals surface area contributed by atoms with Crippen LogP contribution in [0.4, 0.5) is 0 Å². The van der Waals surface area contributed by atoms with E-state index in [1.165, 1.54) is 38.5 Å². The number of hydrogen-bond acceptors (Lipinski definition) is 0. The van der Waals surface area contributed by atoms with Crippen molar-refractivity contribution in [1.82, 2.24) is 0 Å². The van der Waals surface area contributed by atoms with Gasteiger partial charge in [0.1, 0.15) is 0 Å². The van der Waals surface area contributed by atoms with Crippen LogP contribution in [0.5, 0.6) is 0 Å². The fourth-order valence-corrected chi connectivity index (χ4v) is 3.12. The average Bonchev–Trinajstić information content (AvgIpc) is 2.53. The van der Waals surface area contributed by atoms with Gasteiger partial charge in [0.05, 0.1) is 0 Å². The first-order valence-corrected chi connectivity index (χ1v) is 10.7. The molecule has 2 unspecified atom stereocenters. The van der Waals surface area contributed by atoms with Crippen molar-refractivity contribution in [3.05, 3.63) is 36.0 Å². The van der Waals surface area contributed by atoms with Crippen LogP contribution in [0.2, 0.25) is 0 Å². The van der Waals surface area contributed by atoms with Crippen LogP contribution >= 0.6 is 0 Å². The third kappa shape index (κ3) is 14.1. The van der Waals surface area contributed by atoms with Gasteiger partial charge in [-0.25, -0.2) is 0 Å². The molecule has 0 aliphatic carbocycles. The van der Waals surface area contributed by atoms with E-state index < -0.39 is 0 Å². The predicted octanol–water partition coefficient (Wildman–Crippen LogP) is 8.75. The Morgan fingerprint density at radius 3 is 2.00 bits per heavy atom. The van der Waals surface area contributed by atoms with Crippen LogP contribution in [0.25, 0.3) is 0 Å². The van der Waals surface area contributed by atoms with Crippen LogP contribution in [-0.2, 0) is 0 Å². The Morgan fingerprint density at radius 2 is 1.44 bits per heavy atom. The quantitative estimate of drug-likeness (QED) is 0.276. The van der Waals surface area contributed by atoms with Crippen molar-refractivity contribution in [2.75, 3.05) is 0 Å². The van der Waals surface area contributed by atoms with Gasteiger partial charge < -0.3 is 0 Å². The summed E-state index contributed by atoms with van der Waals surface area (Å²) in [6.07, 6.45) is 17.3. The van der Waals surface area contributed by atoms with Crippen LogP contribution in [-0.4, -0.2) is 0 Å². The highest BCUT2D eigenvalue weighted by Crippen LogP contribution is 2.25. The van der Waals surface area contributed by atoms with Gasteiger partial charge in [0.15, 0.2) is 0 Å². The maximum absolute atomic E-state index is 3.93. The Balaban J connectivity index is 4.68. The summed E-state index contributed by atoms with van der Waals surface area (Å²) in [4.78, 5) is 0. The van der Waals surface area contributed by atoms with E-state index in [4.69, 9.17) is 0 Å². The van der Waals surface area contributed by atoms with Gasteiger partial charge in [-0.2, -0.15) is 0 Å². The molecule has 0 saturated carbocycles. The van der Waals surface area contributed by atoms with Crippen molar-refractivity contribution in [1.29, 1.82) is 0 Å². The molecule has 0 N–H and O–H groups in total. The standard InChI is InChI=1S/C25H46/c1-9-22(6)16-18-25(24(8)15-11-13-21(4)5)19-17-23(7)14-10-12-20(2)3/h9,17-18,20-22,24H,1,10-16,19H2,2-8H3/b23-17+,25-18-. The summed E-state index contributed by atoms with van der Waals surface area (Å²) >= 11 is 0. The Labute approximate surface area is 159 Å². The molecule has 2 atom stereocenters. The summed E-state index contributed by atoms with van der Waals surface area (Å²) in [5.41, 5.74) is 3.21. The van der Waals surface area contributed by atoms with E-state index in [9.17, 15) is 0 Å². The molecule has 0 rings (SSSR count). The molecule has 0 saturated heterocycles. The van der Waals surface area contributed by atoms with E-state index in [1.807, 2.05) is 0 Å². The maximum Gasteiger partial charge on any atom is -0.0134 e. The minimum Gasteiger partial charge on any atom is -0.103 e. The molecule has 0 heterocycles. The summed E-state index contributed by atoms with van der Waals surface area (Å²) in [6, 6.07) is 0. The molecular formula is C25H46. The van der Waals surface area contributed by atoms with Crippen molar-refractivity contribution in [2.45, 2.75) is 99.8 Å². The first kappa shape index (κ1) is 24.2. The maximum atomic E-state index is 3.93. The second-order valence-corrected chi connectivity index (χ2v) is 8.99. The van der Waals surface area contributed by atoms with E-state index in [-0.39, 0.29) is 0 Å². The normalized spacial score (nSPS) is 15.7. The zero-order valence-electron chi connectivity index (χ0n) is 18.4. The number of rotatable bonds is 14. The molecule has 0 spiro atoms. The van der Waals surface area contributed by atoms with E-state index in [1.54, 1.807) is 11.1 Å². The monoisotopic (exact) mass is 346 g/mol. The van der Waals surface area contributed by atoms with Gasteiger partial charge >= 0.3 is 0 Å². The van der Waals surface area contributed by atoms with Crippen LogP contribution in [0.3, 0.4) is 0 Å². The summed E-state index contributed by atoms with van der Waals surface area (Å²) in [5, 5.41) is 0. The Morgan fingerprint density at radius 1 is 0.840 bits per heavy atom. The lowest BCUT2D eigenvalue weighted by atomic mass is 9.89. The molecule has 0 radical (unpaired) electrons. The lowest BCUT2D eigenvalue weighted by Crippen LogP contribution is -2.02. The molecule has 0 amide bonds. The highest BCUT2D eigenvalue weighted by atomic mass is 14.1. The number of hydrogen-bond donors (Lipinski definition) is 0. The molecule has 0 heteroatoms. The largest absolute Gasteiger partial charge is 0.103 e. The predicted molar refractivity (Wildman–Crippen MR) is 117 cm³/mol. The zero-order valence-corrected chi connectivity index (χ0v) is 18.4. The fourth-order valence-electron chi connectivity index (χ4n) is 3.12. The lowest BCUT2D eigenvalue weighted by molar-refractivity contribution is 0.487. The fraction of sp³-hybridized carbons (Fsp3) is 0.760. The van der Waals surface area contributed by atoms with Gasteiger partial charge in [0.25, 0.3) is 0 Å². The van der Waals surface area contributed by atoms with Crippen molar-refractivity contribution in [2.24, 2.45) is 23.7 Å². The van der Waals surface area contributed by atoms with Gasteiger partial charge in [0, 0.05) is 0 Å². The molecule has 0 aromatic heterocycles. The van der Waals surface area contributed by atoms with Gasteiger partial charge in [-0.3, -0.25) is 0 Å². The van der Waals surface area contributed by atoms with Crippen molar-refractivity contribution in [3.8, 4) is 0 Å². The molecule has 25 heavy (non-hydrogen) atoms. The van der Waals surface area contributed by atoms with Gasteiger partial charge in [-0.1, -0.05) is 90.2 Å².